The van der Waals surface area contributed by atoms with Crippen molar-refractivity contribution in [2.24, 2.45) is 0 Å². The van der Waals surface area contributed by atoms with Gasteiger partial charge in [0.25, 0.3) is 5.91 Å². The fourth-order valence-electron chi connectivity index (χ4n) is 9.12. The molecular formula is C39H43N5O8. The minimum absolute atomic E-state index is 0.00278. The molecule has 0 radical (unpaired) electrons. The molecule has 1 saturated heterocycles. The van der Waals surface area contributed by atoms with E-state index in [0.29, 0.717) is 63.6 Å². The molecule has 1 aromatic heterocycles. The fourth-order valence-corrected chi connectivity index (χ4v) is 9.12. The zero-order valence-electron chi connectivity index (χ0n) is 30.5. The number of piperazine rings is 1. The van der Waals surface area contributed by atoms with Crippen molar-refractivity contribution >= 4 is 16.8 Å². The number of phenolic OH excluding ortho intramolecular Hbond substituents is 2. The summed E-state index contributed by atoms with van der Waals surface area (Å²) in [5.41, 5.74) is 4.79. The third kappa shape index (κ3) is 4.96. The molecule has 1 fully saturated rings. The van der Waals surface area contributed by atoms with Crippen molar-refractivity contribution in [1.29, 1.82) is 5.26 Å². The van der Waals surface area contributed by atoms with Crippen molar-refractivity contribution in [3.05, 3.63) is 69.4 Å². The number of ether oxygens (including phenoxy) is 5. The molecule has 3 aliphatic heterocycles. The Morgan fingerprint density at radius 2 is 1.46 bits per heavy atom. The minimum Gasteiger partial charge on any atom is -0.504 e. The lowest BCUT2D eigenvalue weighted by Crippen LogP contribution is -2.68. The van der Waals surface area contributed by atoms with Gasteiger partial charge in [0, 0.05) is 63.5 Å². The highest BCUT2D eigenvalue weighted by molar-refractivity contribution is 5.97. The minimum atomic E-state index is -0.718. The number of para-hydroxylation sites is 1. The van der Waals surface area contributed by atoms with Crippen LogP contribution in [0.3, 0.4) is 0 Å². The number of rotatable bonds is 8. The molecule has 1 amide bonds. The number of nitrogens with one attached hydrogen (secondary N) is 1. The average Bonchev–Trinajstić information content (AvgIpc) is 3.14. The molecule has 13 heteroatoms. The van der Waals surface area contributed by atoms with Crippen molar-refractivity contribution in [2.75, 3.05) is 49.1 Å². The molecule has 3 aromatic carbocycles. The van der Waals surface area contributed by atoms with Crippen molar-refractivity contribution in [1.82, 2.24) is 20.1 Å². The summed E-state index contributed by atoms with van der Waals surface area (Å²) < 4.78 is 29.0. The lowest BCUT2D eigenvalue weighted by Gasteiger charge is -2.60. The second-order valence-corrected chi connectivity index (χ2v) is 13.5. The van der Waals surface area contributed by atoms with Gasteiger partial charge in [0.05, 0.1) is 59.2 Å². The summed E-state index contributed by atoms with van der Waals surface area (Å²) in [6, 6.07) is 8.99. The molecule has 0 saturated carbocycles. The molecule has 5 atom stereocenters. The van der Waals surface area contributed by atoms with E-state index in [2.05, 4.69) is 26.2 Å². The van der Waals surface area contributed by atoms with E-state index in [0.717, 1.165) is 16.5 Å². The smallest absolute Gasteiger partial charge is 0.270 e. The van der Waals surface area contributed by atoms with E-state index in [-0.39, 0.29) is 35.5 Å². The van der Waals surface area contributed by atoms with Crippen LogP contribution in [0.15, 0.2) is 30.3 Å². The van der Waals surface area contributed by atoms with Crippen LogP contribution in [0.5, 0.6) is 40.2 Å². The number of aromatic nitrogens is 1. The van der Waals surface area contributed by atoms with Crippen LogP contribution in [-0.4, -0.2) is 98.2 Å². The van der Waals surface area contributed by atoms with Crippen LogP contribution in [-0.2, 0) is 12.8 Å². The van der Waals surface area contributed by atoms with Crippen LogP contribution in [0.2, 0.25) is 0 Å². The number of carbonyl (C=O) groups excluding carboxylic acids is 1. The molecule has 0 spiro atoms. The van der Waals surface area contributed by atoms with Crippen LogP contribution in [0.1, 0.15) is 56.0 Å². The van der Waals surface area contributed by atoms with Gasteiger partial charge in [-0.1, -0.05) is 12.1 Å². The quantitative estimate of drug-likeness (QED) is 0.236. The largest absolute Gasteiger partial charge is 0.504 e. The number of nitriles is 1. The summed E-state index contributed by atoms with van der Waals surface area (Å²) >= 11 is 0. The van der Waals surface area contributed by atoms with Crippen LogP contribution in [0.4, 0.5) is 0 Å². The van der Waals surface area contributed by atoms with Crippen LogP contribution in [0.25, 0.3) is 10.9 Å². The number of phenols is 2. The number of aromatic hydroxyl groups is 2. The summed E-state index contributed by atoms with van der Waals surface area (Å²) in [7, 11) is 9.68. The first-order valence-electron chi connectivity index (χ1n) is 17.1. The van der Waals surface area contributed by atoms with E-state index < -0.39 is 30.1 Å². The molecule has 4 aromatic rings. The van der Waals surface area contributed by atoms with Crippen molar-refractivity contribution in [2.45, 2.75) is 56.9 Å². The molecule has 0 aliphatic carbocycles. The van der Waals surface area contributed by atoms with Gasteiger partial charge in [-0.2, -0.15) is 5.26 Å². The zero-order chi connectivity index (χ0) is 37.2. The van der Waals surface area contributed by atoms with Gasteiger partial charge in [-0.15, -0.1) is 0 Å². The number of hydrogen-bond donors (Lipinski definition) is 3. The Bertz CT molecular complexity index is 2150. The maximum absolute atomic E-state index is 13.9. The van der Waals surface area contributed by atoms with Gasteiger partial charge in [-0.25, -0.2) is 4.98 Å². The van der Waals surface area contributed by atoms with Crippen molar-refractivity contribution < 1.29 is 38.7 Å². The Balaban J connectivity index is 1.41. The Hall–Kier alpha value is -5.45. The summed E-state index contributed by atoms with van der Waals surface area (Å²) in [5, 5.41) is 38.6. The molecule has 0 unspecified atom stereocenters. The molecule has 3 aliphatic rings. The molecular weight excluding hydrogens is 666 g/mol. The van der Waals surface area contributed by atoms with E-state index in [4.69, 9.17) is 23.7 Å². The number of methoxy groups -OCH3 is 5. The summed E-state index contributed by atoms with van der Waals surface area (Å²) in [4.78, 5) is 22.8. The third-order valence-corrected chi connectivity index (χ3v) is 11.2. The van der Waals surface area contributed by atoms with Gasteiger partial charge in [0.15, 0.2) is 23.0 Å². The maximum Gasteiger partial charge on any atom is 0.270 e. The SMILES string of the molecule is COc1c(C)c(OC)c2c(c1O)[C@@H]1[C@@H]3Cc4c(OC)c(C)c(OC)c(O)c4[C@H](CNC(=O)c4cc(OC)c5ccccc5n4)N3[C@@H](C#N)[C@H](C2)N1C. The molecule has 3 N–H and O–H groups in total. The predicted octanol–water partition coefficient (Wildman–Crippen LogP) is 4.51. The van der Waals surface area contributed by atoms with E-state index >= 15 is 0 Å². The average molecular weight is 710 g/mol. The topological polar surface area (TPSA) is 159 Å². The number of amides is 1. The Kier molecular flexibility index (Phi) is 8.92. The van der Waals surface area contributed by atoms with E-state index in [1.165, 1.54) is 14.2 Å². The first kappa shape index (κ1) is 35.0. The molecule has 2 bridgehead atoms. The molecule has 4 heterocycles. The van der Waals surface area contributed by atoms with Crippen LogP contribution >= 0.6 is 0 Å². The van der Waals surface area contributed by atoms with Crippen molar-refractivity contribution in [3.63, 3.8) is 0 Å². The standard InChI is InChI=1S/C39H43N5O8/c1-18-35(49-5)21-14-26-32-31-22(36(50-6)19(2)38(52-8)34(31)46)13-25(43(32)3)27(16-40)44(26)28(30(21)33(45)37(18)51-7)17-41-39(47)24-15-29(48-4)20-11-9-10-12-23(20)42-24/h9-12,15,25-28,32,45-46H,13-14,17H2,1-8H3,(H,41,47)/t25-,26-,27-,28-,32-/m0/s1. The third-order valence-electron chi connectivity index (χ3n) is 11.2. The second kappa shape index (κ2) is 13.3. The van der Waals surface area contributed by atoms with Gasteiger partial charge >= 0.3 is 0 Å². The van der Waals surface area contributed by atoms with Gasteiger partial charge < -0.3 is 39.2 Å². The van der Waals surface area contributed by atoms with Crippen LogP contribution < -0.4 is 29.0 Å². The monoisotopic (exact) mass is 709 g/mol. The van der Waals surface area contributed by atoms with E-state index in [1.807, 2.05) is 45.2 Å². The van der Waals surface area contributed by atoms with E-state index in [1.54, 1.807) is 27.4 Å². The van der Waals surface area contributed by atoms with Gasteiger partial charge in [-0.05, 0) is 45.9 Å². The highest BCUT2D eigenvalue weighted by Crippen LogP contribution is 2.58. The lowest BCUT2D eigenvalue weighted by molar-refractivity contribution is -0.0724. The zero-order valence-corrected chi connectivity index (χ0v) is 30.5. The molecule has 7 rings (SSSR count). The molecule has 272 valence electrons. The first-order valence-corrected chi connectivity index (χ1v) is 17.1. The Labute approximate surface area is 302 Å². The number of fused-ring (bicyclic) bond motifs is 8. The highest BCUT2D eigenvalue weighted by atomic mass is 16.5. The lowest BCUT2D eigenvalue weighted by atomic mass is 9.71. The first-order chi connectivity index (χ1) is 25.1. The van der Waals surface area contributed by atoms with Gasteiger partial charge in [0.1, 0.15) is 29.0 Å². The number of carbonyl (C=O) groups is 1. The summed E-state index contributed by atoms with van der Waals surface area (Å²) in [5.74, 6) is 1.74. The van der Waals surface area contributed by atoms with Gasteiger partial charge in [-0.3, -0.25) is 14.6 Å². The second-order valence-electron chi connectivity index (χ2n) is 13.5. The Morgan fingerprint density at radius 3 is 2.06 bits per heavy atom. The number of benzene rings is 3. The highest BCUT2D eigenvalue weighted by Gasteiger charge is 2.57. The maximum atomic E-state index is 13.9. The Morgan fingerprint density at radius 1 is 0.885 bits per heavy atom. The fraction of sp³-hybridized carbons (Fsp3) is 0.410. The number of nitrogens with zero attached hydrogens (tertiary/aromatic N) is 4. The molecule has 52 heavy (non-hydrogen) atoms. The summed E-state index contributed by atoms with van der Waals surface area (Å²) in [6.45, 7) is 3.67. The van der Waals surface area contributed by atoms with Crippen LogP contribution in [0, 0.1) is 25.2 Å². The summed E-state index contributed by atoms with van der Waals surface area (Å²) in [6.07, 6.45) is 0.757. The van der Waals surface area contributed by atoms with Crippen molar-refractivity contribution in [3.8, 4) is 46.3 Å². The van der Waals surface area contributed by atoms with Gasteiger partial charge in [0.2, 0.25) is 0 Å². The molecule has 13 nitrogen and oxygen atoms in total. The number of pyridine rings is 1. The number of likely N-dealkylation sites (N-methyl/N-ethyl adjacent to an activating group) is 1. The normalized spacial score (nSPS) is 22.0. The predicted molar refractivity (Wildman–Crippen MR) is 192 cm³/mol. The number of hydrogen-bond acceptors (Lipinski definition) is 12. The van der Waals surface area contributed by atoms with E-state index in [9.17, 15) is 20.3 Å².